The molecule has 1 aromatic rings. The molecule has 0 aromatic carbocycles. The molecule has 1 aliphatic rings. The summed E-state index contributed by atoms with van der Waals surface area (Å²) in [6, 6.07) is 0. The molecule has 1 fully saturated rings. The number of aromatic amines is 1. The highest BCUT2D eigenvalue weighted by atomic mass is 16.2. The lowest BCUT2D eigenvalue weighted by Gasteiger charge is -2.39. The van der Waals surface area contributed by atoms with Crippen molar-refractivity contribution >= 4 is 5.91 Å². The van der Waals surface area contributed by atoms with Gasteiger partial charge in [0.1, 0.15) is 0 Å². The highest BCUT2D eigenvalue weighted by molar-refractivity contribution is 5.83. The van der Waals surface area contributed by atoms with Crippen molar-refractivity contribution < 1.29 is 4.79 Å². The standard InChI is InChI=1S/C11H18N4O/c12-7-11(3-1-4-11)10(16)14-5-2-9-6-13-8-15-9/h6,8H,1-5,7,12H2,(H,13,15)(H,14,16). The number of carbonyl (C=O) groups is 1. The molecule has 5 heteroatoms. The molecule has 4 N–H and O–H groups in total. The maximum absolute atomic E-state index is 11.9. The normalized spacial score (nSPS) is 17.8. The van der Waals surface area contributed by atoms with E-state index >= 15 is 0 Å². The summed E-state index contributed by atoms with van der Waals surface area (Å²) in [6.45, 7) is 1.10. The van der Waals surface area contributed by atoms with Gasteiger partial charge in [-0.05, 0) is 12.8 Å². The lowest BCUT2D eigenvalue weighted by atomic mass is 9.68. The van der Waals surface area contributed by atoms with Crippen molar-refractivity contribution in [2.75, 3.05) is 13.1 Å². The van der Waals surface area contributed by atoms with Gasteiger partial charge in [-0.15, -0.1) is 0 Å². The second-order valence-corrected chi connectivity index (χ2v) is 4.42. The van der Waals surface area contributed by atoms with Crippen molar-refractivity contribution in [1.82, 2.24) is 15.3 Å². The predicted octanol–water partition coefficient (Wildman–Crippen LogP) is 0.197. The minimum absolute atomic E-state index is 0.112. The summed E-state index contributed by atoms with van der Waals surface area (Å²) in [7, 11) is 0. The van der Waals surface area contributed by atoms with Gasteiger partial charge in [-0.1, -0.05) is 6.42 Å². The SMILES string of the molecule is NCC1(C(=O)NCCc2cnc[nH]2)CCC1. The highest BCUT2D eigenvalue weighted by Crippen LogP contribution is 2.39. The molecular formula is C11H18N4O. The molecule has 5 nitrogen and oxygen atoms in total. The van der Waals surface area contributed by atoms with E-state index in [-0.39, 0.29) is 11.3 Å². The Morgan fingerprint density at radius 1 is 1.62 bits per heavy atom. The van der Waals surface area contributed by atoms with Gasteiger partial charge >= 0.3 is 0 Å². The Labute approximate surface area is 94.8 Å². The van der Waals surface area contributed by atoms with Crippen LogP contribution >= 0.6 is 0 Å². The van der Waals surface area contributed by atoms with Crippen LogP contribution in [0.5, 0.6) is 0 Å². The Balaban J connectivity index is 1.75. The number of hydrogen-bond donors (Lipinski definition) is 3. The van der Waals surface area contributed by atoms with Crippen LogP contribution in [0.15, 0.2) is 12.5 Å². The molecule has 0 bridgehead atoms. The zero-order valence-electron chi connectivity index (χ0n) is 9.33. The number of nitrogens with two attached hydrogens (primary N) is 1. The average Bonchev–Trinajstić information content (AvgIpc) is 2.70. The third-order valence-electron chi connectivity index (χ3n) is 3.42. The first-order chi connectivity index (χ1) is 7.77. The van der Waals surface area contributed by atoms with Crippen molar-refractivity contribution in [3.05, 3.63) is 18.2 Å². The van der Waals surface area contributed by atoms with E-state index in [1.807, 2.05) is 0 Å². The van der Waals surface area contributed by atoms with E-state index in [0.29, 0.717) is 13.1 Å². The number of nitrogens with zero attached hydrogens (tertiary/aromatic N) is 1. The van der Waals surface area contributed by atoms with Crippen LogP contribution in [0.2, 0.25) is 0 Å². The summed E-state index contributed by atoms with van der Waals surface area (Å²) in [5, 5.41) is 2.95. The minimum atomic E-state index is -0.270. The monoisotopic (exact) mass is 222 g/mol. The first-order valence-electron chi connectivity index (χ1n) is 5.72. The lowest BCUT2D eigenvalue weighted by molar-refractivity contribution is -0.135. The third-order valence-corrected chi connectivity index (χ3v) is 3.42. The van der Waals surface area contributed by atoms with Crippen molar-refractivity contribution in [3.63, 3.8) is 0 Å². The number of amides is 1. The van der Waals surface area contributed by atoms with E-state index in [4.69, 9.17) is 5.73 Å². The zero-order chi connectivity index (χ0) is 11.4. The van der Waals surface area contributed by atoms with Crippen LogP contribution in [-0.4, -0.2) is 29.0 Å². The van der Waals surface area contributed by atoms with Crippen LogP contribution in [0.25, 0.3) is 0 Å². The highest BCUT2D eigenvalue weighted by Gasteiger charge is 2.42. The minimum Gasteiger partial charge on any atom is -0.355 e. The van der Waals surface area contributed by atoms with E-state index in [1.165, 1.54) is 0 Å². The number of nitrogens with one attached hydrogen (secondary N) is 2. The molecule has 1 saturated carbocycles. The summed E-state index contributed by atoms with van der Waals surface area (Å²) >= 11 is 0. The molecule has 0 radical (unpaired) electrons. The van der Waals surface area contributed by atoms with E-state index in [1.54, 1.807) is 12.5 Å². The van der Waals surface area contributed by atoms with E-state index < -0.39 is 0 Å². The summed E-state index contributed by atoms with van der Waals surface area (Å²) in [5.74, 6) is 0.112. The number of aromatic nitrogens is 2. The fourth-order valence-electron chi connectivity index (χ4n) is 2.05. The second kappa shape index (κ2) is 4.65. The Hall–Kier alpha value is -1.36. The van der Waals surface area contributed by atoms with Crippen molar-refractivity contribution in [2.45, 2.75) is 25.7 Å². The van der Waals surface area contributed by atoms with Crippen LogP contribution in [0.1, 0.15) is 25.0 Å². The molecule has 0 saturated heterocycles. The molecule has 0 spiro atoms. The number of rotatable bonds is 5. The van der Waals surface area contributed by atoms with Crippen LogP contribution in [0, 0.1) is 5.41 Å². The van der Waals surface area contributed by atoms with Crippen molar-refractivity contribution in [1.29, 1.82) is 0 Å². The molecule has 1 heterocycles. The molecule has 1 aliphatic carbocycles. The van der Waals surface area contributed by atoms with Crippen LogP contribution in [-0.2, 0) is 11.2 Å². The first kappa shape index (κ1) is 11.1. The van der Waals surface area contributed by atoms with Crippen LogP contribution in [0.3, 0.4) is 0 Å². The number of hydrogen-bond acceptors (Lipinski definition) is 3. The first-order valence-corrected chi connectivity index (χ1v) is 5.72. The fraction of sp³-hybridized carbons (Fsp3) is 0.636. The third kappa shape index (κ3) is 2.09. The topological polar surface area (TPSA) is 83.8 Å². The van der Waals surface area contributed by atoms with Gasteiger partial charge in [0.15, 0.2) is 0 Å². The van der Waals surface area contributed by atoms with Gasteiger partial charge in [0.2, 0.25) is 5.91 Å². The fourth-order valence-corrected chi connectivity index (χ4v) is 2.05. The van der Waals surface area contributed by atoms with Gasteiger partial charge in [-0.2, -0.15) is 0 Å². The average molecular weight is 222 g/mol. The molecule has 0 atom stereocenters. The number of H-pyrrole nitrogens is 1. The van der Waals surface area contributed by atoms with E-state index in [9.17, 15) is 4.79 Å². The van der Waals surface area contributed by atoms with E-state index in [2.05, 4.69) is 15.3 Å². The number of carbonyl (C=O) groups excluding carboxylic acids is 1. The molecule has 0 unspecified atom stereocenters. The molecule has 1 aromatic heterocycles. The molecule has 16 heavy (non-hydrogen) atoms. The molecule has 2 rings (SSSR count). The summed E-state index contributed by atoms with van der Waals surface area (Å²) < 4.78 is 0. The molecule has 1 amide bonds. The number of imidazole rings is 1. The Bertz CT molecular complexity index is 337. The molecular weight excluding hydrogens is 204 g/mol. The smallest absolute Gasteiger partial charge is 0.227 e. The lowest BCUT2D eigenvalue weighted by Crippen LogP contribution is -2.50. The maximum Gasteiger partial charge on any atom is 0.227 e. The van der Waals surface area contributed by atoms with Gasteiger partial charge in [-0.25, -0.2) is 4.98 Å². The van der Waals surface area contributed by atoms with E-state index in [0.717, 1.165) is 31.4 Å². The zero-order valence-corrected chi connectivity index (χ0v) is 9.33. The van der Waals surface area contributed by atoms with Crippen LogP contribution in [0.4, 0.5) is 0 Å². The largest absolute Gasteiger partial charge is 0.355 e. The van der Waals surface area contributed by atoms with Crippen LogP contribution < -0.4 is 11.1 Å². The maximum atomic E-state index is 11.9. The Morgan fingerprint density at radius 3 is 2.94 bits per heavy atom. The Morgan fingerprint density at radius 2 is 2.44 bits per heavy atom. The predicted molar refractivity (Wildman–Crippen MR) is 60.6 cm³/mol. The summed E-state index contributed by atoms with van der Waals surface area (Å²) in [4.78, 5) is 18.8. The van der Waals surface area contributed by atoms with Gasteiger partial charge in [-0.3, -0.25) is 4.79 Å². The molecule has 0 aliphatic heterocycles. The summed E-state index contributed by atoms with van der Waals surface area (Å²) in [6.07, 6.45) is 7.18. The second-order valence-electron chi connectivity index (χ2n) is 4.42. The van der Waals surface area contributed by atoms with Gasteiger partial charge in [0.25, 0.3) is 0 Å². The molecule has 88 valence electrons. The van der Waals surface area contributed by atoms with Crippen molar-refractivity contribution in [3.8, 4) is 0 Å². The summed E-state index contributed by atoms with van der Waals surface area (Å²) in [5.41, 5.74) is 6.43. The van der Waals surface area contributed by atoms with Gasteiger partial charge in [0, 0.05) is 31.4 Å². The van der Waals surface area contributed by atoms with Gasteiger partial charge in [0.05, 0.1) is 11.7 Å². The Kier molecular flexibility index (Phi) is 3.24. The van der Waals surface area contributed by atoms with Gasteiger partial charge < -0.3 is 16.0 Å². The quantitative estimate of drug-likeness (QED) is 0.665. The van der Waals surface area contributed by atoms with Crippen molar-refractivity contribution in [2.24, 2.45) is 11.1 Å².